The smallest absolute Gasteiger partial charge is 0.295 e. The summed E-state index contributed by atoms with van der Waals surface area (Å²) in [4.78, 5) is 17.2. The first kappa shape index (κ1) is 18.2. The zero-order chi connectivity index (χ0) is 19.5. The van der Waals surface area contributed by atoms with Gasteiger partial charge in [0, 0.05) is 10.6 Å². The van der Waals surface area contributed by atoms with Crippen molar-refractivity contribution in [1.29, 1.82) is 0 Å². The number of para-hydroxylation sites is 1. The van der Waals surface area contributed by atoms with Crippen LogP contribution in [0.3, 0.4) is 0 Å². The summed E-state index contributed by atoms with van der Waals surface area (Å²) in [5.74, 6) is 0.138. The fraction of sp³-hybridized carbons (Fsp3) is 0. The molecule has 7 heteroatoms. The largest absolute Gasteiger partial charge is 0.318 e. The number of aromatic nitrogens is 3. The van der Waals surface area contributed by atoms with E-state index in [1.807, 2.05) is 42.5 Å². The third-order valence-electron chi connectivity index (χ3n) is 4.04. The topological polar surface area (TPSA) is 59.8 Å². The third kappa shape index (κ3) is 3.76. The first-order chi connectivity index (χ1) is 13.6. The van der Waals surface area contributed by atoms with Crippen LogP contribution in [0.2, 0.25) is 10.0 Å². The second-order valence-electron chi connectivity index (χ2n) is 5.95. The van der Waals surface area contributed by atoms with E-state index in [4.69, 9.17) is 23.2 Å². The van der Waals surface area contributed by atoms with Crippen LogP contribution in [0.5, 0.6) is 0 Å². The molecular weight excluding hydrogens is 395 g/mol. The van der Waals surface area contributed by atoms with E-state index < -0.39 is 5.91 Å². The molecule has 1 heterocycles. The van der Waals surface area contributed by atoms with Crippen LogP contribution in [0.15, 0.2) is 78.9 Å². The van der Waals surface area contributed by atoms with Gasteiger partial charge < -0.3 is 5.32 Å². The average Bonchev–Trinajstić information content (AvgIpc) is 3.16. The molecule has 1 amide bonds. The SMILES string of the molecule is O=C(Nc1ccccc1Cl)c1nc(-c2ccccc2)n(-c2ccc(Cl)cc2)n1. The van der Waals surface area contributed by atoms with E-state index in [9.17, 15) is 4.79 Å². The minimum atomic E-state index is -0.446. The van der Waals surface area contributed by atoms with E-state index in [0.29, 0.717) is 21.6 Å². The molecular formula is C21H14Cl2N4O. The minimum absolute atomic E-state index is 0.0359. The first-order valence-corrected chi connectivity index (χ1v) is 9.22. The fourth-order valence-electron chi connectivity index (χ4n) is 2.69. The zero-order valence-corrected chi connectivity index (χ0v) is 16.0. The molecule has 0 aliphatic carbocycles. The van der Waals surface area contributed by atoms with Crippen molar-refractivity contribution >= 4 is 34.8 Å². The molecule has 0 atom stereocenters. The van der Waals surface area contributed by atoms with Crippen molar-refractivity contribution in [2.75, 3.05) is 5.32 Å². The molecule has 0 bridgehead atoms. The highest BCUT2D eigenvalue weighted by Crippen LogP contribution is 2.24. The van der Waals surface area contributed by atoms with E-state index in [-0.39, 0.29) is 5.82 Å². The number of hydrogen-bond donors (Lipinski definition) is 1. The molecule has 0 aliphatic heterocycles. The highest BCUT2D eigenvalue weighted by Gasteiger charge is 2.19. The number of nitrogens with one attached hydrogen (secondary N) is 1. The fourth-order valence-corrected chi connectivity index (χ4v) is 2.99. The lowest BCUT2D eigenvalue weighted by molar-refractivity contribution is 0.101. The second-order valence-corrected chi connectivity index (χ2v) is 6.79. The highest BCUT2D eigenvalue weighted by atomic mass is 35.5. The first-order valence-electron chi connectivity index (χ1n) is 8.46. The van der Waals surface area contributed by atoms with E-state index in [2.05, 4.69) is 15.4 Å². The summed E-state index contributed by atoms with van der Waals surface area (Å²) in [6.45, 7) is 0. The number of nitrogens with zero attached hydrogens (tertiary/aromatic N) is 3. The number of hydrogen-bond acceptors (Lipinski definition) is 3. The number of benzene rings is 3. The van der Waals surface area contributed by atoms with Gasteiger partial charge in [-0.25, -0.2) is 9.67 Å². The number of anilines is 1. The standard InChI is InChI=1S/C21H14Cl2N4O/c22-15-10-12-16(13-11-15)27-20(14-6-2-1-3-7-14)25-19(26-27)21(28)24-18-9-5-4-8-17(18)23/h1-13H,(H,24,28). The average molecular weight is 409 g/mol. The van der Waals surface area contributed by atoms with Crippen LogP contribution in [0, 0.1) is 0 Å². The van der Waals surface area contributed by atoms with Gasteiger partial charge in [-0.05, 0) is 36.4 Å². The van der Waals surface area contributed by atoms with E-state index >= 15 is 0 Å². The van der Waals surface area contributed by atoms with Crippen molar-refractivity contribution in [3.05, 3.63) is 94.7 Å². The van der Waals surface area contributed by atoms with E-state index in [1.54, 1.807) is 41.1 Å². The predicted molar refractivity (Wildman–Crippen MR) is 111 cm³/mol. The molecule has 3 aromatic carbocycles. The van der Waals surface area contributed by atoms with E-state index in [1.165, 1.54) is 0 Å². The summed E-state index contributed by atoms with van der Waals surface area (Å²) in [7, 11) is 0. The molecule has 1 aromatic heterocycles. The van der Waals surface area contributed by atoms with Crippen molar-refractivity contribution in [1.82, 2.24) is 14.8 Å². The molecule has 0 radical (unpaired) electrons. The molecule has 0 saturated carbocycles. The van der Waals surface area contributed by atoms with Gasteiger partial charge in [0.25, 0.3) is 5.91 Å². The lowest BCUT2D eigenvalue weighted by Gasteiger charge is -2.05. The predicted octanol–water partition coefficient (Wildman–Crippen LogP) is 5.49. The van der Waals surface area contributed by atoms with Gasteiger partial charge in [0.1, 0.15) is 0 Å². The van der Waals surface area contributed by atoms with Crippen LogP contribution >= 0.6 is 23.2 Å². The van der Waals surface area contributed by atoms with E-state index in [0.717, 1.165) is 11.3 Å². The Kier molecular flexibility index (Phi) is 5.10. The lowest BCUT2D eigenvalue weighted by atomic mass is 10.2. The Balaban J connectivity index is 1.76. The Bertz CT molecular complexity index is 1120. The van der Waals surface area contributed by atoms with Gasteiger partial charge in [0.15, 0.2) is 5.82 Å². The van der Waals surface area contributed by atoms with Crippen molar-refractivity contribution in [3.63, 3.8) is 0 Å². The number of carbonyl (C=O) groups excluding carboxylic acids is 1. The van der Waals surface area contributed by atoms with Gasteiger partial charge in [-0.3, -0.25) is 4.79 Å². The molecule has 0 fully saturated rings. The highest BCUT2D eigenvalue weighted by molar-refractivity contribution is 6.33. The maximum atomic E-state index is 12.7. The lowest BCUT2D eigenvalue weighted by Crippen LogP contribution is -2.14. The zero-order valence-electron chi connectivity index (χ0n) is 14.5. The monoisotopic (exact) mass is 408 g/mol. The van der Waals surface area contributed by atoms with Crippen LogP contribution < -0.4 is 5.32 Å². The number of rotatable bonds is 4. The second kappa shape index (κ2) is 7.84. The Labute approximate surface area is 171 Å². The molecule has 4 rings (SSSR count). The summed E-state index contributed by atoms with van der Waals surface area (Å²) in [5.41, 5.74) is 2.08. The summed E-state index contributed by atoms with van der Waals surface area (Å²) in [6.07, 6.45) is 0. The maximum absolute atomic E-state index is 12.7. The Morgan fingerprint density at radius 2 is 1.54 bits per heavy atom. The number of carbonyl (C=O) groups is 1. The van der Waals surface area contributed by atoms with Crippen LogP contribution in [0.25, 0.3) is 17.1 Å². The Morgan fingerprint density at radius 1 is 0.857 bits per heavy atom. The number of halogens is 2. The van der Waals surface area contributed by atoms with Gasteiger partial charge in [-0.2, -0.15) is 0 Å². The third-order valence-corrected chi connectivity index (χ3v) is 4.62. The molecule has 0 aliphatic rings. The summed E-state index contributed by atoms with van der Waals surface area (Å²) in [5, 5.41) is 8.22. The maximum Gasteiger partial charge on any atom is 0.295 e. The van der Waals surface area contributed by atoms with Crippen LogP contribution in [0.1, 0.15) is 10.6 Å². The van der Waals surface area contributed by atoms with Crippen molar-refractivity contribution in [2.45, 2.75) is 0 Å². The van der Waals surface area contributed by atoms with Gasteiger partial charge in [-0.15, -0.1) is 5.10 Å². The van der Waals surface area contributed by atoms with Gasteiger partial charge in [0.05, 0.1) is 16.4 Å². The molecule has 1 N–H and O–H groups in total. The Hall–Kier alpha value is -3.15. The molecule has 4 aromatic rings. The molecule has 0 saturated heterocycles. The summed E-state index contributed by atoms with van der Waals surface area (Å²) >= 11 is 12.1. The molecule has 0 spiro atoms. The molecule has 0 unspecified atom stereocenters. The van der Waals surface area contributed by atoms with Crippen molar-refractivity contribution in [2.24, 2.45) is 0 Å². The molecule has 5 nitrogen and oxygen atoms in total. The quantitative estimate of drug-likeness (QED) is 0.485. The molecule has 28 heavy (non-hydrogen) atoms. The molecule has 138 valence electrons. The summed E-state index contributed by atoms with van der Waals surface area (Å²) in [6, 6.07) is 23.7. The minimum Gasteiger partial charge on any atom is -0.318 e. The van der Waals surface area contributed by atoms with Gasteiger partial charge in [0.2, 0.25) is 5.82 Å². The van der Waals surface area contributed by atoms with Crippen LogP contribution in [0.4, 0.5) is 5.69 Å². The Morgan fingerprint density at radius 3 is 2.25 bits per heavy atom. The van der Waals surface area contributed by atoms with Gasteiger partial charge >= 0.3 is 0 Å². The summed E-state index contributed by atoms with van der Waals surface area (Å²) < 4.78 is 1.62. The van der Waals surface area contributed by atoms with Gasteiger partial charge in [-0.1, -0.05) is 65.7 Å². The number of amides is 1. The van der Waals surface area contributed by atoms with Crippen LogP contribution in [-0.4, -0.2) is 20.7 Å². The van der Waals surface area contributed by atoms with Crippen molar-refractivity contribution in [3.8, 4) is 17.1 Å². The van der Waals surface area contributed by atoms with Crippen molar-refractivity contribution < 1.29 is 4.79 Å². The van der Waals surface area contributed by atoms with Crippen LogP contribution in [-0.2, 0) is 0 Å². The normalized spacial score (nSPS) is 10.6.